The molecule has 0 unspecified atom stereocenters. The standard InChI is InChI=1S/C24H13NO3/c26-14-6-5-12-10-17-15-7-8-19(27)21-22(15)25(18(17)11-13(12)9-14)23-16-3-1-2-4-20(16)28-24(21)23/h1-11,26-27H. The Morgan fingerprint density at radius 3 is 2.54 bits per heavy atom. The Bertz CT molecular complexity index is 1740. The second-order valence-corrected chi connectivity index (χ2v) is 7.37. The maximum atomic E-state index is 10.7. The van der Waals surface area contributed by atoms with Gasteiger partial charge in [-0.2, -0.15) is 0 Å². The molecular weight excluding hydrogens is 350 g/mol. The number of phenols is 2. The number of nitrogens with zero attached hydrogens (tertiary/aromatic N) is 1. The zero-order valence-corrected chi connectivity index (χ0v) is 14.6. The minimum atomic E-state index is 0.219. The van der Waals surface area contributed by atoms with Crippen LogP contribution in [0.1, 0.15) is 0 Å². The molecule has 7 aromatic rings. The number of hydrogen-bond acceptors (Lipinski definition) is 3. The van der Waals surface area contributed by atoms with Crippen LogP contribution in [0.4, 0.5) is 0 Å². The highest BCUT2D eigenvalue weighted by molar-refractivity contribution is 6.28. The average Bonchev–Trinajstić information content (AvgIpc) is 3.31. The predicted molar refractivity (Wildman–Crippen MR) is 112 cm³/mol. The lowest BCUT2D eigenvalue weighted by atomic mass is 10.0. The number of para-hydroxylation sites is 1. The van der Waals surface area contributed by atoms with E-state index in [1.807, 2.05) is 36.4 Å². The molecule has 0 amide bonds. The molecule has 0 atom stereocenters. The summed E-state index contributed by atoms with van der Waals surface area (Å²) in [7, 11) is 0. The number of rotatable bonds is 0. The van der Waals surface area contributed by atoms with Crippen molar-refractivity contribution in [2.45, 2.75) is 0 Å². The highest BCUT2D eigenvalue weighted by Crippen LogP contribution is 2.46. The third-order valence-electron chi connectivity index (χ3n) is 5.87. The summed E-state index contributed by atoms with van der Waals surface area (Å²) in [6, 6.07) is 21.3. The van der Waals surface area contributed by atoms with Crippen LogP contribution in [0.2, 0.25) is 0 Å². The second-order valence-electron chi connectivity index (χ2n) is 7.37. The number of aromatic nitrogens is 1. The molecule has 4 heteroatoms. The summed E-state index contributed by atoms with van der Waals surface area (Å²) < 4.78 is 8.34. The molecule has 0 spiro atoms. The third kappa shape index (κ3) is 1.49. The zero-order valence-electron chi connectivity index (χ0n) is 14.6. The van der Waals surface area contributed by atoms with Crippen molar-refractivity contribution in [3.63, 3.8) is 0 Å². The molecule has 0 aliphatic rings. The molecule has 0 radical (unpaired) electrons. The molecule has 0 bridgehead atoms. The monoisotopic (exact) mass is 363 g/mol. The summed E-state index contributed by atoms with van der Waals surface area (Å²) in [5.74, 6) is 0.466. The van der Waals surface area contributed by atoms with Crippen molar-refractivity contribution < 1.29 is 14.6 Å². The molecule has 0 fully saturated rings. The lowest BCUT2D eigenvalue weighted by molar-refractivity contribution is 0.476. The van der Waals surface area contributed by atoms with Gasteiger partial charge >= 0.3 is 0 Å². The van der Waals surface area contributed by atoms with Crippen molar-refractivity contribution in [2.75, 3.05) is 0 Å². The fourth-order valence-corrected chi connectivity index (χ4v) is 4.70. The Labute approximate surface area is 157 Å². The van der Waals surface area contributed by atoms with E-state index in [1.165, 1.54) is 0 Å². The highest BCUT2D eigenvalue weighted by Gasteiger charge is 2.24. The van der Waals surface area contributed by atoms with Crippen molar-refractivity contribution in [1.29, 1.82) is 0 Å². The first-order valence-electron chi connectivity index (χ1n) is 9.16. The van der Waals surface area contributed by atoms with E-state index in [-0.39, 0.29) is 11.5 Å². The van der Waals surface area contributed by atoms with Gasteiger partial charge in [-0.1, -0.05) is 18.2 Å². The molecule has 2 N–H and O–H groups in total. The minimum Gasteiger partial charge on any atom is -0.508 e. The molecule has 28 heavy (non-hydrogen) atoms. The highest BCUT2D eigenvalue weighted by atomic mass is 16.3. The van der Waals surface area contributed by atoms with E-state index in [4.69, 9.17) is 4.42 Å². The van der Waals surface area contributed by atoms with Crippen LogP contribution in [-0.2, 0) is 0 Å². The van der Waals surface area contributed by atoms with Gasteiger partial charge in [0, 0.05) is 16.2 Å². The van der Waals surface area contributed by atoms with Crippen molar-refractivity contribution in [2.24, 2.45) is 0 Å². The van der Waals surface area contributed by atoms with E-state index in [0.717, 1.165) is 54.5 Å². The number of phenolic OH excluding ortho intramolecular Hbond substituents is 2. The second kappa shape index (κ2) is 4.49. The van der Waals surface area contributed by atoms with E-state index in [9.17, 15) is 10.2 Å². The molecule has 4 aromatic carbocycles. The van der Waals surface area contributed by atoms with E-state index in [1.54, 1.807) is 18.2 Å². The molecule has 7 rings (SSSR count). The molecule has 0 aliphatic carbocycles. The molecule has 132 valence electrons. The van der Waals surface area contributed by atoms with E-state index < -0.39 is 0 Å². The summed E-state index contributed by atoms with van der Waals surface area (Å²) in [5.41, 5.74) is 4.47. The fourth-order valence-electron chi connectivity index (χ4n) is 4.70. The van der Waals surface area contributed by atoms with Gasteiger partial charge in [0.05, 0.1) is 16.4 Å². The van der Waals surface area contributed by atoms with Gasteiger partial charge in [-0.15, -0.1) is 0 Å². The van der Waals surface area contributed by atoms with E-state index in [0.29, 0.717) is 5.58 Å². The summed E-state index contributed by atoms with van der Waals surface area (Å²) >= 11 is 0. The zero-order chi connectivity index (χ0) is 18.6. The SMILES string of the molecule is Oc1ccc2cc3c4ccc(O)c5c6oc7ccccc7c6n(c3cc2c1)c45. The first-order chi connectivity index (χ1) is 13.7. The molecule has 0 saturated carbocycles. The van der Waals surface area contributed by atoms with Gasteiger partial charge in [-0.3, -0.25) is 0 Å². The smallest absolute Gasteiger partial charge is 0.165 e. The van der Waals surface area contributed by atoms with Gasteiger partial charge in [0.15, 0.2) is 5.58 Å². The molecular formula is C24H13NO3. The normalized spacial score (nSPS) is 12.6. The Morgan fingerprint density at radius 2 is 1.61 bits per heavy atom. The maximum Gasteiger partial charge on any atom is 0.165 e. The van der Waals surface area contributed by atoms with Gasteiger partial charge in [0.25, 0.3) is 0 Å². The molecule has 0 aliphatic heterocycles. The van der Waals surface area contributed by atoms with Crippen LogP contribution >= 0.6 is 0 Å². The topological polar surface area (TPSA) is 58.0 Å². The summed E-state index contributed by atoms with van der Waals surface area (Å²) in [4.78, 5) is 0. The largest absolute Gasteiger partial charge is 0.508 e. The Morgan fingerprint density at radius 1 is 0.714 bits per heavy atom. The van der Waals surface area contributed by atoms with Crippen molar-refractivity contribution in [3.05, 3.63) is 66.7 Å². The maximum absolute atomic E-state index is 10.7. The lowest BCUT2D eigenvalue weighted by Gasteiger charge is -2.01. The third-order valence-corrected chi connectivity index (χ3v) is 5.87. The summed E-state index contributed by atoms with van der Waals surface area (Å²) in [6.07, 6.45) is 0. The number of hydrogen-bond donors (Lipinski definition) is 2. The molecule has 3 heterocycles. The lowest BCUT2D eigenvalue weighted by Crippen LogP contribution is -1.81. The van der Waals surface area contributed by atoms with E-state index >= 15 is 0 Å². The van der Waals surface area contributed by atoms with Crippen molar-refractivity contribution in [3.8, 4) is 11.5 Å². The fraction of sp³-hybridized carbons (Fsp3) is 0. The van der Waals surface area contributed by atoms with Gasteiger partial charge < -0.3 is 19.0 Å². The number of fused-ring (bicyclic) bond motifs is 9. The first-order valence-corrected chi connectivity index (χ1v) is 9.16. The first kappa shape index (κ1) is 14.2. The number of aromatic hydroxyl groups is 2. The van der Waals surface area contributed by atoms with Gasteiger partial charge in [-0.25, -0.2) is 0 Å². The van der Waals surface area contributed by atoms with Crippen LogP contribution < -0.4 is 0 Å². The minimum absolute atomic E-state index is 0.219. The Balaban J connectivity index is 1.87. The van der Waals surface area contributed by atoms with Crippen LogP contribution in [0.15, 0.2) is 71.1 Å². The van der Waals surface area contributed by atoms with Crippen LogP contribution in [0.5, 0.6) is 11.5 Å². The Hall–Kier alpha value is -3.92. The Kier molecular flexibility index (Phi) is 2.27. The van der Waals surface area contributed by atoms with Crippen LogP contribution in [0.25, 0.3) is 60.0 Å². The number of furan rings is 1. The van der Waals surface area contributed by atoms with Crippen molar-refractivity contribution in [1.82, 2.24) is 4.40 Å². The van der Waals surface area contributed by atoms with Gasteiger partial charge in [0.2, 0.25) is 0 Å². The van der Waals surface area contributed by atoms with Crippen LogP contribution in [0.3, 0.4) is 0 Å². The van der Waals surface area contributed by atoms with Crippen molar-refractivity contribution >= 4 is 60.0 Å². The van der Waals surface area contributed by atoms with Gasteiger partial charge in [-0.05, 0) is 59.3 Å². The van der Waals surface area contributed by atoms with Crippen LogP contribution in [0, 0.1) is 0 Å². The van der Waals surface area contributed by atoms with Crippen LogP contribution in [-0.4, -0.2) is 14.6 Å². The summed E-state index contributed by atoms with van der Waals surface area (Å²) in [6.45, 7) is 0. The summed E-state index contributed by atoms with van der Waals surface area (Å²) in [5, 5.41) is 26.6. The average molecular weight is 363 g/mol. The van der Waals surface area contributed by atoms with E-state index in [2.05, 4.69) is 16.5 Å². The molecule has 4 nitrogen and oxygen atoms in total. The molecule has 0 saturated heterocycles. The number of benzene rings is 4. The quantitative estimate of drug-likeness (QED) is 0.340. The predicted octanol–water partition coefficient (Wildman–Crippen LogP) is 6.15. The van der Waals surface area contributed by atoms with Gasteiger partial charge in [0.1, 0.15) is 22.6 Å². The molecule has 3 aromatic heterocycles.